The third-order valence-electron chi connectivity index (χ3n) is 7.20. The Bertz CT molecular complexity index is 1390. The zero-order valence-electron chi connectivity index (χ0n) is 21.2. The van der Waals surface area contributed by atoms with Crippen molar-refractivity contribution in [2.75, 3.05) is 5.75 Å². The fourth-order valence-corrected chi connectivity index (χ4v) is 6.82. The fourth-order valence-electron chi connectivity index (χ4n) is 5.23. The average molecular weight is 547 g/mol. The van der Waals surface area contributed by atoms with Gasteiger partial charge in [0.15, 0.2) is 0 Å². The van der Waals surface area contributed by atoms with Crippen LogP contribution in [0.15, 0.2) is 103 Å². The summed E-state index contributed by atoms with van der Waals surface area (Å²) >= 11 is 1.50. The lowest BCUT2D eigenvalue weighted by atomic mass is 9.81. The molecule has 0 aromatic heterocycles. The number of nitrogens with one attached hydrogen (secondary N) is 1. The highest BCUT2D eigenvalue weighted by Gasteiger charge is 2.42. The van der Waals surface area contributed by atoms with E-state index in [0.717, 1.165) is 58.4 Å². The standard InChI is InChI=1S/C32H29F3N2OS/c33-32(34,35)26-18-16-25(17-19-26)31(39-21-29(36)30(38)37-20-22-8-2-1-3-9-22)27-12-6-4-10-23(27)14-15-24-11-5-7-13-28(24)31/h1-13,16-19,29H,14-15,20-21,36H2,(H,37,38). The van der Waals surface area contributed by atoms with E-state index in [0.29, 0.717) is 6.54 Å². The molecule has 1 unspecified atom stereocenters. The van der Waals surface area contributed by atoms with Crippen molar-refractivity contribution >= 4 is 17.7 Å². The molecule has 5 rings (SSSR count). The predicted molar refractivity (Wildman–Crippen MR) is 150 cm³/mol. The minimum Gasteiger partial charge on any atom is -0.351 e. The number of aryl methyl sites for hydroxylation is 2. The Morgan fingerprint density at radius 2 is 1.36 bits per heavy atom. The summed E-state index contributed by atoms with van der Waals surface area (Å²) < 4.78 is 39.6. The molecule has 0 saturated carbocycles. The smallest absolute Gasteiger partial charge is 0.351 e. The number of nitrogens with two attached hydrogens (primary N) is 1. The van der Waals surface area contributed by atoms with E-state index in [1.807, 2.05) is 66.7 Å². The maximum atomic E-state index is 13.5. The van der Waals surface area contributed by atoms with Gasteiger partial charge < -0.3 is 11.1 Å². The zero-order valence-corrected chi connectivity index (χ0v) is 22.1. The van der Waals surface area contributed by atoms with Gasteiger partial charge in [-0.25, -0.2) is 0 Å². The van der Waals surface area contributed by atoms with Crippen molar-refractivity contribution in [2.24, 2.45) is 5.73 Å². The van der Waals surface area contributed by atoms with Gasteiger partial charge >= 0.3 is 6.18 Å². The molecule has 39 heavy (non-hydrogen) atoms. The molecule has 0 spiro atoms. The van der Waals surface area contributed by atoms with Gasteiger partial charge in [-0.15, -0.1) is 11.8 Å². The Labute approximate surface area is 230 Å². The third kappa shape index (κ3) is 5.60. The average Bonchev–Trinajstić information content (AvgIpc) is 3.10. The number of carbonyl (C=O) groups excluding carboxylic acids is 1. The highest BCUT2D eigenvalue weighted by molar-refractivity contribution is 8.00. The fraction of sp³-hybridized carbons (Fsp3) is 0.219. The van der Waals surface area contributed by atoms with Gasteiger partial charge in [0.1, 0.15) is 0 Å². The highest BCUT2D eigenvalue weighted by atomic mass is 32.2. The van der Waals surface area contributed by atoms with Gasteiger partial charge in [-0.2, -0.15) is 13.2 Å². The number of alkyl halides is 3. The molecule has 1 aliphatic rings. The van der Waals surface area contributed by atoms with Crippen molar-refractivity contribution in [1.82, 2.24) is 5.32 Å². The van der Waals surface area contributed by atoms with Gasteiger partial charge in [-0.05, 0) is 58.4 Å². The summed E-state index contributed by atoms with van der Waals surface area (Å²) in [6.07, 6.45) is -2.82. The summed E-state index contributed by atoms with van der Waals surface area (Å²) in [6.45, 7) is 0.369. The molecule has 3 N–H and O–H groups in total. The number of rotatable bonds is 7. The summed E-state index contributed by atoms with van der Waals surface area (Å²) in [4.78, 5) is 13.0. The van der Waals surface area contributed by atoms with Crippen LogP contribution in [-0.2, 0) is 35.1 Å². The predicted octanol–water partition coefficient (Wildman–Crippen LogP) is 6.47. The molecule has 4 aromatic rings. The first kappa shape index (κ1) is 27.0. The van der Waals surface area contributed by atoms with Crippen LogP contribution in [0.2, 0.25) is 0 Å². The van der Waals surface area contributed by atoms with Crippen molar-refractivity contribution in [1.29, 1.82) is 0 Å². The van der Waals surface area contributed by atoms with E-state index in [1.165, 1.54) is 11.8 Å². The van der Waals surface area contributed by atoms with Gasteiger partial charge in [0, 0.05) is 12.3 Å². The number of carbonyl (C=O) groups is 1. The van der Waals surface area contributed by atoms with Crippen LogP contribution in [0, 0.1) is 0 Å². The van der Waals surface area contributed by atoms with E-state index < -0.39 is 22.5 Å². The van der Waals surface area contributed by atoms with E-state index in [-0.39, 0.29) is 11.7 Å². The Kier molecular flexibility index (Phi) is 7.82. The molecule has 4 aromatic carbocycles. The molecule has 1 atom stereocenters. The second-order valence-electron chi connectivity index (χ2n) is 9.69. The molecular formula is C32H29F3N2OS. The second-order valence-corrected chi connectivity index (χ2v) is 10.9. The summed E-state index contributed by atoms with van der Waals surface area (Å²) in [5, 5.41) is 2.91. The zero-order chi connectivity index (χ0) is 27.5. The molecule has 0 saturated heterocycles. The number of halogens is 3. The molecular weight excluding hydrogens is 517 g/mol. The van der Waals surface area contributed by atoms with Crippen LogP contribution < -0.4 is 11.1 Å². The first-order chi connectivity index (χ1) is 18.8. The molecule has 0 heterocycles. The van der Waals surface area contributed by atoms with E-state index in [2.05, 4.69) is 17.4 Å². The molecule has 0 fully saturated rings. The van der Waals surface area contributed by atoms with Gasteiger partial charge in [-0.3, -0.25) is 4.79 Å². The van der Waals surface area contributed by atoms with Gasteiger partial charge in [0.2, 0.25) is 5.91 Å². The molecule has 1 aliphatic carbocycles. The SMILES string of the molecule is NC(CSC1(c2ccc(C(F)(F)F)cc2)c2ccccc2CCc2ccccc21)C(=O)NCc1ccccc1. The molecule has 200 valence electrons. The Morgan fingerprint density at radius 3 is 1.92 bits per heavy atom. The highest BCUT2D eigenvalue weighted by Crippen LogP contribution is 2.52. The molecule has 0 bridgehead atoms. The Hall–Kier alpha value is -3.55. The van der Waals surface area contributed by atoms with Crippen LogP contribution >= 0.6 is 11.8 Å². The largest absolute Gasteiger partial charge is 0.416 e. The van der Waals surface area contributed by atoms with Crippen LogP contribution in [0.25, 0.3) is 0 Å². The first-order valence-corrected chi connectivity index (χ1v) is 13.8. The van der Waals surface area contributed by atoms with E-state index in [1.54, 1.807) is 12.1 Å². The van der Waals surface area contributed by atoms with Crippen LogP contribution in [-0.4, -0.2) is 17.7 Å². The molecule has 1 amide bonds. The van der Waals surface area contributed by atoms with E-state index in [9.17, 15) is 18.0 Å². The molecule has 7 heteroatoms. The lowest BCUT2D eigenvalue weighted by Crippen LogP contribution is -2.43. The van der Waals surface area contributed by atoms with Gasteiger partial charge in [0.05, 0.1) is 16.4 Å². The first-order valence-electron chi connectivity index (χ1n) is 12.8. The van der Waals surface area contributed by atoms with Crippen molar-refractivity contribution in [3.05, 3.63) is 142 Å². The minimum atomic E-state index is -4.43. The number of fused-ring (bicyclic) bond motifs is 2. The van der Waals surface area contributed by atoms with Crippen molar-refractivity contribution in [3.63, 3.8) is 0 Å². The van der Waals surface area contributed by atoms with Crippen LogP contribution in [0.3, 0.4) is 0 Å². The maximum Gasteiger partial charge on any atom is 0.416 e. The molecule has 0 aliphatic heterocycles. The monoisotopic (exact) mass is 546 g/mol. The van der Waals surface area contributed by atoms with Crippen LogP contribution in [0.4, 0.5) is 13.2 Å². The summed E-state index contributed by atoms with van der Waals surface area (Å²) in [6, 6.07) is 30.3. The number of amides is 1. The number of thioether (sulfide) groups is 1. The maximum absolute atomic E-state index is 13.5. The molecule has 0 radical (unpaired) electrons. The van der Waals surface area contributed by atoms with Crippen LogP contribution in [0.1, 0.15) is 38.9 Å². The second kappa shape index (κ2) is 11.3. The van der Waals surface area contributed by atoms with Crippen molar-refractivity contribution in [3.8, 4) is 0 Å². The normalized spacial score (nSPS) is 15.0. The number of benzene rings is 4. The summed E-state index contributed by atoms with van der Waals surface area (Å²) in [5.41, 5.74) is 11.7. The van der Waals surface area contributed by atoms with Gasteiger partial charge in [-0.1, -0.05) is 91.0 Å². The number of hydrogen-bond donors (Lipinski definition) is 2. The molecule has 3 nitrogen and oxygen atoms in total. The van der Waals surface area contributed by atoms with Crippen molar-refractivity contribution < 1.29 is 18.0 Å². The summed E-state index contributed by atoms with van der Waals surface area (Å²) in [7, 11) is 0. The third-order valence-corrected chi connectivity index (χ3v) is 8.84. The van der Waals surface area contributed by atoms with Crippen molar-refractivity contribution in [2.45, 2.75) is 36.4 Å². The minimum absolute atomic E-state index is 0.268. The van der Waals surface area contributed by atoms with Gasteiger partial charge in [0.25, 0.3) is 0 Å². The Balaban J connectivity index is 1.54. The quantitative estimate of drug-likeness (QED) is 0.279. The van der Waals surface area contributed by atoms with E-state index >= 15 is 0 Å². The lowest BCUT2D eigenvalue weighted by Gasteiger charge is -2.37. The summed E-state index contributed by atoms with van der Waals surface area (Å²) in [5.74, 6) is -0.00580. The lowest BCUT2D eigenvalue weighted by molar-refractivity contribution is -0.137. The topological polar surface area (TPSA) is 55.1 Å². The Morgan fingerprint density at radius 1 is 0.821 bits per heavy atom. The van der Waals surface area contributed by atoms with Crippen LogP contribution in [0.5, 0.6) is 0 Å². The van der Waals surface area contributed by atoms with E-state index in [4.69, 9.17) is 5.73 Å². The number of hydrogen-bond acceptors (Lipinski definition) is 3.